The highest BCUT2D eigenvalue weighted by Crippen LogP contribution is 2.15. The fourth-order valence-corrected chi connectivity index (χ4v) is 1.80. The van der Waals surface area contributed by atoms with Crippen LogP contribution in [0.15, 0.2) is 47.3 Å². The molecule has 21 heavy (non-hydrogen) atoms. The number of amides is 2. The molecule has 0 aliphatic carbocycles. The van der Waals surface area contributed by atoms with E-state index in [9.17, 15) is 14.3 Å². The summed E-state index contributed by atoms with van der Waals surface area (Å²) >= 11 is 0. The van der Waals surface area contributed by atoms with Crippen LogP contribution in [0.3, 0.4) is 0 Å². The number of rotatable bonds is 6. The van der Waals surface area contributed by atoms with Gasteiger partial charge in [0.1, 0.15) is 5.82 Å². The van der Waals surface area contributed by atoms with Crippen molar-refractivity contribution >= 4 is 6.03 Å². The van der Waals surface area contributed by atoms with Crippen LogP contribution in [0.1, 0.15) is 23.7 Å². The quantitative estimate of drug-likeness (QED) is 0.765. The van der Waals surface area contributed by atoms with Crippen molar-refractivity contribution in [3.05, 3.63) is 59.8 Å². The van der Waals surface area contributed by atoms with Gasteiger partial charge in [0.2, 0.25) is 0 Å². The van der Waals surface area contributed by atoms with Crippen LogP contribution in [0.25, 0.3) is 0 Å². The number of furan rings is 1. The Hall–Kier alpha value is -2.34. The summed E-state index contributed by atoms with van der Waals surface area (Å²) in [6.45, 7) is 0.651. The number of halogens is 1. The van der Waals surface area contributed by atoms with E-state index in [0.717, 1.165) is 5.56 Å². The number of nitrogens with one attached hydrogen (secondary N) is 2. The predicted octanol–water partition coefficient (Wildman–Crippen LogP) is 2.34. The van der Waals surface area contributed by atoms with Gasteiger partial charge in [-0.05, 0) is 30.2 Å². The zero-order valence-electron chi connectivity index (χ0n) is 11.4. The normalized spacial score (nSPS) is 11.9. The summed E-state index contributed by atoms with van der Waals surface area (Å²) in [6, 6.07) is 7.25. The molecular weight excluding hydrogens is 275 g/mol. The third-order valence-corrected chi connectivity index (χ3v) is 3.00. The number of hydrogen-bond donors (Lipinski definition) is 3. The number of urea groups is 1. The standard InChI is InChI=1S/C15H17FN2O3/c16-13-3-1-11(2-4-13)9-18-15(20)17-7-5-14(19)12-6-8-21-10-12/h1-4,6,8,10,14,19H,5,7,9H2,(H2,17,18,20)/t14-/m1/s1. The Morgan fingerprint density at radius 3 is 2.67 bits per heavy atom. The van der Waals surface area contributed by atoms with Crippen LogP contribution in [0.2, 0.25) is 0 Å². The lowest BCUT2D eigenvalue weighted by Gasteiger charge is -2.10. The van der Waals surface area contributed by atoms with Crippen LogP contribution in [0, 0.1) is 5.82 Å². The average Bonchev–Trinajstić information content (AvgIpc) is 3.01. The lowest BCUT2D eigenvalue weighted by Crippen LogP contribution is -2.36. The van der Waals surface area contributed by atoms with Crippen LogP contribution in [0.4, 0.5) is 9.18 Å². The highest BCUT2D eigenvalue weighted by atomic mass is 19.1. The molecule has 6 heteroatoms. The van der Waals surface area contributed by atoms with Crippen LogP contribution in [-0.2, 0) is 6.54 Å². The molecule has 3 N–H and O–H groups in total. The van der Waals surface area contributed by atoms with Crippen molar-refractivity contribution in [2.24, 2.45) is 0 Å². The van der Waals surface area contributed by atoms with Gasteiger partial charge in [-0.3, -0.25) is 0 Å². The molecule has 2 aromatic rings. The summed E-state index contributed by atoms with van der Waals surface area (Å²) in [5, 5.41) is 15.1. The first-order chi connectivity index (χ1) is 10.1. The maximum atomic E-state index is 12.7. The van der Waals surface area contributed by atoms with E-state index in [4.69, 9.17) is 4.42 Å². The molecule has 0 fully saturated rings. The van der Waals surface area contributed by atoms with E-state index in [1.807, 2.05) is 0 Å². The number of carbonyl (C=O) groups is 1. The zero-order chi connectivity index (χ0) is 15.1. The van der Waals surface area contributed by atoms with Crippen molar-refractivity contribution < 1.29 is 18.7 Å². The number of hydrogen-bond acceptors (Lipinski definition) is 3. The van der Waals surface area contributed by atoms with Gasteiger partial charge in [-0.25, -0.2) is 9.18 Å². The lowest BCUT2D eigenvalue weighted by molar-refractivity contribution is 0.166. The minimum atomic E-state index is -0.666. The molecule has 0 bridgehead atoms. The van der Waals surface area contributed by atoms with Gasteiger partial charge in [-0.1, -0.05) is 12.1 Å². The minimum absolute atomic E-state index is 0.309. The van der Waals surface area contributed by atoms with E-state index in [-0.39, 0.29) is 11.8 Å². The van der Waals surface area contributed by atoms with Gasteiger partial charge in [0, 0.05) is 18.7 Å². The molecule has 0 spiro atoms. The summed E-state index contributed by atoms with van der Waals surface area (Å²) in [7, 11) is 0. The van der Waals surface area contributed by atoms with Gasteiger partial charge < -0.3 is 20.2 Å². The second-order valence-electron chi connectivity index (χ2n) is 4.60. The Labute approximate surface area is 121 Å². The van der Waals surface area contributed by atoms with Crippen molar-refractivity contribution in [3.63, 3.8) is 0 Å². The number of aliphatic hydroxyl groups is 1. The first-order valence-corrected chi connectivity index (χ1v) is 6.61. The number of carbonyl (C=O) groups excluding carboxylic acids is 1. The molecule has 5 nitrogen and oxygen atoms in total. The van der Waals surface area contributed by atoms with Crippen LogP contribution < -0.4 is 10.6 Å². The van der Waals surface area contributed by atoms with Gasteiger partial charge in [0.25, 0.3) is 0 Å². The van der Waals surface area contributed by atoms with Gasteiger partial charge >= 0.3 is 6.03 Å². The van der Waals surface area contributed by atoms with E-state index in [1.54, 1.807) is 18.2 Å². The topological polar surface area (TPSA) is 74.5 Å². The van der Waals surface area contributed by atoms with Crippen molar-refractivity contribution in [2.75, 3.05) is 6.54 Å². The van der Waals surface area contributed by atoms with Crippen LogP contribution in [0.5, 0.6) is 0 Å². The van der Waals surface area contributed by atoms with E-state index < -0.39 is 6.10 Å². The lowest BCUT2D eigenvalue weighted by atomic mass is 10.1. The first-order valence-electron chi connectivity index (χ1n) is 6.61. The maximum Gasteiger partial charge on any atom is 0.315 e. The average molecular weight is 292 g/mol. The monoisotopic (exact) mass is 292 g/mol. The van der Waals surface area contributed by atoms with E-state index in [2.05, 4.69) is 10.6 Å². The Kier molecular flexibility index (Phi) is 5.34. The highest BCUT2D eigenvalue weighted by molar-refractivity contribution is 5.73. The molecule has 0 radical (unpaired) electrons. The third kappa shape index (κ3) is 4.92. The molecule has 1 aromatic carbocycles. The Morgan fingerprint density at radius 1 is 1.24 bits per heavy atom. The molecule has 2 rings (SSSR count). The van der Waals surface area contributed by atoms with Gasteiger partial charge in [-0.2, -0.15) is 0 Å². The summed E-state index contributed by atoms with van der Waals surface area (Å²) in [4.78, 5) is 11.6. The summed E-state index contributed by atoms with van der Waals surface area (Å²) in [5.41, 5.74) is 1.49. The summed E-state index contributed by atoms with van der Waals surface area (Å²) < 4.78 is 17.6. The maximum absolute atomic E-state index is 12.7. The minimum Gasteiger partial charge on any atom is -0.472 e. The Morgan fingerprint density at radius 2 is 2.00 bits per heavy atom. The number of benzene rings is 1. The molecule has 1 atom stereocenters. The second kappa shape index (κ2) is 7.44. The molecule has 1 aromatic heterocycles. The molecule has 1 heterocycles. The molecule has 0 saturated carbocycles. The Bertz CT molecular complexity index is 555. The molecule has 0 aliphatic rings. The van der Waals surface area contributed by atoms with Gasteiger partial charge in [0.05, 0.1) is 18.6 Å². The molecular formula is C15H17FN2O3. The van der Waals surface area contributed by atoms with Crippen LogP contribution >= 0.6 is 0 Å². The zero-order valence-corrected chi connectivity index (χ0v) is 11.4. The first kappa shape index (κ1) is 15.1. The van der Waals surface area contributed by atoms with Gasteiger partial charge in [0.15, 0.2) is 0 Å². The van der Waals surface area contributed by atoms with Crippen molar-refractivity contribution in [3.8, 4) is 0 Å². The Balaban J connectivity index is 1.64. The van der Waals surface area contributed by atoms with Crippen LogP contribution in [-0.4, -0.2) is 17.7 Å². The predicted molar refractivity (Wildman–Crippen MR) is 74.9 cm³/mol. The SMILES string of the molecule is O=C(NCC[C@@H](O)c1ccoc1)NCc1ccc(F)cc1. The summed E-state index contributed by atoms with van der Waals surface area (Å²) in [5.74, 6) is -0.309. The second-order valence-corrected chi connectivity index (χ2v) is 4.60. The van der Waals surface area contributed by atoms with E-state index in [0.29, 0.717) is 25.1 Å². The number of aliphatic hydroxyl groups excluding tert-OH is 1. The molecule has 0 saturated heterocycles. The summed E-state index contributed by atoms with van der Waals surface area (Å²) in [6.07, 6.45) is 2.69. The molecule has 112 valence electrons. The molecule has 0 aliphatic heterocycles. The van der Waals surface area contributed by atoms with Gasteiger partial charge in [-0.15, -0.1) is 0 Å². The highest BCUT2D eigenvalue weighted by Gasteiger charge is 2.09. The van der Waals surface area contributed by atoms with E-state index >= 15 is 0 Å². The smallest absolute Gasteiger partial charge is 0.315 e. The van der Waals surface area contributed by atoms with Crippen molar-refractivity contribution in [2.45, 2.75) is 19.1 Å². The molecule has 2 amide bonds. The van der Waals surface area contributed by atoms with Crippen molar-refractivity contribution in [1.82, 2.24) is 10.6 Å². The van der Waals surface area contributed by atoms with E-state index in [1.165, 1.54) is 24.7 Å². The fraction of sp³-hybridized carbons (Fsp3) is 0.267. The third-order valence-electron chi connectivity index (χ3n) is 3.00. The molecule has 0 unspecified atom stereocenters. The van der Waals surface area contributed by atoms with Crippen molar-refractivity contribution in [1.29, 1.82) is 0 Å². The largest absolute Gasteiger partial charge is 0.472 e. The fourth-order valence-electron chi connectivity index (χ4n) is 1.80.